The van der Waals surface area contributed by atoms with Crippen LogP contribution in [-0.4, -0.2) is 6.04 Å². The molecule has 0 saturated carbocycles. The molecule has 0 unspecified atom stereocenters. The average molecular weight is 137 g/mol. The first-order valence-corrected chi connectivity index (χ1v) is 3.73. The van der Waals surface area contributed by atoms with Crippen LogP contribution in [0.4, 0.5) is 0 Å². The van der Waals surface area contributed by atoms with Gasteiger partial charge >= 0.3 is 0 Å². The van der Waals surface area contributed by atoms with Gasteiger partial charge < -0.3 is 5.73 Å². The van der Waals surface area contributed by atoms with Crippen molar-refractivity contribution in [3.63, 3.8) is 0 Å². The Morgan fingerprint density at radius 1 is 1.50 bits per heavy atom. The summed E-state index contributed by atoms with van der Waals surface area (Å²) in [5.41, 5.74) is 9.96. The summed E-state index contributed by atoms with van der Waals surface area (Å²) in [5, 5.41) is 0. The van der Waals surface area contributed by atoms with Gasteiger partial charge in [-0.15, -0.1) is 0 Å². The molecule has 0 aromatic carbocycles. The fraction of sp³-hybridized carbons (Fsp3) is 0.556. The Morgan fingerprint density at radius 3 is 2.30 bits per heavy atom. The van der Waals surface area contributed by atoms with Gasteiger partial charge in [0, 0.05) is 6.04 Å². The summed E-state index contributed by atoms with van der Waals surface area (Å²) in [7, 11) is 0. The van der Waals surface area contributed by atoms with Crippen LogP contribution in [0.15, 0.2) is 22.8 Å². The predicted molar refractivity (Wildman–Crippen MR) is 44.7 cm³/mol. The maximum absolute atomic E-state index is 5.76. The molecule has 0 saturated heterocycles. The van der Waals surface area contributed by atoms with Crippen LogP contribution in [0.2, 0.25) is 0 Å². The number of hydrogen-bond acceptors (Lipinski definition) is 1. The van der Waals surface area contributed by atoms with E-state index in [1.54, 1.807) is 0 Å². The lowest BCUT2D eigenvalue weighted by molar-refractivity contribution is 0.824. The van der Waals surface area contributed by atoms with E-state index in [0.29, 0.717) is 0 Å². The summed E-state index contributed by atoms with van der Waals surface area (Å²) in [6.45, 7) is 6.33. The molecule has 0 aromatic rings. The van der Waals surface area contributed by atoms with E-state index in [0.717, 1.165) is 6.42 Å². The molecule has 0 spiro atoms. The number of nitrogens with two attached hydrogens (primary N) is 1. The van der Waals surface area contributed by atoms with Gasteiger partial charge in [-0.1, -0.05) is 17.2 Å². The van der Waals surface area contributed by atoms with Crippen LogP contribution in [0.25, 0.3) is 0 Å². The minimum Gasteiger partial charge on any atom is -0.324 e. The molecule has 1 rings (SSSR count). The van der Waals surface area contributed by atoms with E-state index < -0.39 is 0 Å². The molecule has 0 heterocycles. The molecule has 1 aliphatic rings. The maximum Gasteiger partial charge on any atom is 0.0233 e. The molecular formula is C9H15N. The first-order valence-electron chi connectivity index (χ1n) is 3.73. The van der Waals surface area contributed by atoms with Crippen LogP contribution in [0.3, 0.4) is 0 Å². The predicted octanol–water partition coefficient (Wildman–Crippen LogP) is 2.00. The zero-order valence-corrected chi connectivity index (χ0v) is 6.94. The summed E-state index contributed by atoms with van der Waals surface area (Å²) in [5.74, 6) is 0. The molecule has 0 radical (unpaired) electrons. The van der Waals surface area contributed by atoms with Gasteiger partial charge in [-0.3, -0.25) is 0 Å². The molecule has 10 heavy (non-hydrogen) atoms. The van der Waals surface area contributed by atoms with Gasteiger partial charge in [0.2, 0.25) is 0 Å². The van der Waals surface area contributed by atoms with Gasteiger partial charge in [-0.25, -0.2) is 0 Å². The van der Waals surface area contributed by atoms with E-state index in [-0.39, 0.29) is 6.04 Å². The van der Waals surface area contributed by atoms with E-state index in [9.17, 15) is 0 Å². The van der Waals surface area contributed by atoms with Crippen LogP contribution >= 0.6 is 0 Å². The molecule has 56 valence electrons. The number of allylic oxidation sites excluding steroid dienone is 3. The Kier molecular flexibility index (Phi) is 1.95. The van der Waals surface area contributed by atoms with E-state index in [2.05, 4.69) is 19.9 Å². The van der Waals surface area contributed by atoms with Crippen molar-refractivity contribution < 1.29 is 0 Å². The summed E-state index contributed by atoms with van der Waals surface area (Å²) in [6.07, 6.45) is 3.31. The molecule has 0 fully saturated rings. The highest BCUT2D eigenvalue weighted by Gasteiger charge is 2.12. The zero-order chi connectivity index (χ0) is 7.72. The molecule has 1 atom stereocenters. The van der Waals surface area contributed by atoms with Crippen molar-refractivity contribution in [1.29, 1.82) is 0 Å². The van der Waals surface area contributed by atoms with E-state index in [1.165, 1.54) is 16.7 Å². The quantitative estimate of drug-likeness (QED) is 0.587. The van der Waals surface area contributed by atoms with Crippen molar-refractivity contribution in [2.24, 2.45) is 5.73 Å². The first-order chi connectivity index (χ1) is 4.61. The molecule has 0 amide bonds. The highest BCUT2D eigenvalue weighted by Crippen LogP contribution is 2.25. The molecule has 1 nitrogen and oxygen atoms in total. The second-order valence-corrected chi connectivity index (χ2v) is 3.16. The standard InChI is InChI=1S/C9H15N/c1-6-4-7(2)9(5-6)8(3)10/h4,8H,5,10H2,1-3H3/t8-/m0/s1. The van der Waals surface area contributed by atoms with E-state index in [4.69, 9.17) is 5.73 Å². The lowest BCUT2D eigenvalue weighted by Crippen LogP contribution is -2.17. The summed E-state index contributed by atoms with van der Waals surface area (Å²) >= 11 is 0. The fourth-order valence-corrected chi connectivity index (χ4v) is 1.47. The molecule has 0 aromatic heterocycles. The molecule has 1 heteroatoms. The SMILES string of the molecule is CC1=CC(C)=C([C@H](C)N)C1. The normalized spacial score (nSPS) is 21.4. The van der Waals surface area contributed by atoms with Crippen molar-refractivity contribution in [2.75, 3.05) is 0 Å². The largest absolute Gasteiger partial charge is 0.324 e. The Labute approximate surface area is 62.6 Å². The summed E-state index contributed by atoms with van der Waals surface area (Å²) in [4.78, 5) is 0. The zero-order valence-electron chi connectivity index (χ0n) is 6.94. The first kappa shape index (κ1) is 7.55. The Balaban J connectivity index is 2.76. The van der Waals surface area contributed by atoms with Crippen molar-refractivity contribution >= 4 is 0 Å². The summed E-state index contributed by atoms with van der Waals surface area (Å²) in [6, 6.07) is 0.230. The highest BCUT2D eigenvalue weighted by atomic mass is 14.6. The highest BCUT2D eigenvalue weighted by molar-refractivity contribution is 5.38. The van der Waals surface area contributed by atoms with Crippen LogP contribution in [0, 0.1) is 0 Å². The van der Waals surface area contributed by atoms with Gasteiger partial charge in [-0.05, 0) is 32.8 Å². The second kappa shape index (κ2) is 2.59. The Morgan fingerprint density at radius 2 is 2.10 bits per heavy atom. The van der Waals surface area contributed by atoms with Crippen LogP contribution in [-0.2, 0) is 0 Å². The lowest BCUT2D eigenvalue weighted by Gasteiger charge is -2.07. The van der Waals surface area contributed by atoms with Crippen LogP contribution in [0.1, 0.15) is 27.2 Å². The van der Waals surface area contributed by atoms with Crippen molar-refractivity contribution in [3.05, 3.63) is 22.8 Å². The molecule has 0 bridgehead atoms. The Hall–Kier alpha value is -0.560. The molecular weight excluding hydrogens is 122 g/mol. The number of rotatable bonds is 1. The molecule has 2 N–H and O–H groups in total. The van der Waals surface area contributed by atoms with Gasteiger partial charge in [0.1, 0.15) is 0 Å². The average Bonchev–Trinajstić information content (AvgIpc) is 2.10. The van der Waals surface area contributed by atoms with E-state index in [1.807, 2.05) is 6.92 Å². The van der Waals surface area contributed by atoms with Gasteiger partial charge in [0.05, 0.1) is 0 Å². The van der Waals surface area contributed by atoms with Crippen LogP contribution in [0.5, 0.6) is 0 Å². The number of hydrogen-bond donors (Lipinski definition) is 1. The molecule has 1 aliphatic carbocycles. The van der Waals surface area contributed by atoms with Crippen molar-refractivity contribution in [1.82, 2.24) is 0 Å². The maximum atomic E-state index is 5.76. The van der Waals surface area contributed by atoms with E-state index >= 15 is 0 Å². The van der Waals surface area contributed by atoms with Gasteiger partial charge in [0.15, 0.2) is 0 Å². The smallest absolute Gasteiger partial charge is 0.0233 e. The Bertz CT molecular complexity index is 197. The van der Waals surface area contributed by atoms with Crippen molar-refractivity contribution in [2.45, 2.75) is 33.2 Å². The third-order valence-electron chi connectivity index (χ3n) is 1.99. The van der Waals surface area contributed by atoms with Crippen LogP contribution < -0.4 is 5.73 Å². The third-order valence-corrected chi connectivity index (χ3v) is 1.99. The van der Waals surface area contributed by atoms with Crippen molar-refractivity contribution in [3.8, 4) is 0 Å². The van der Waals surface area contributed by atoms with Gasteiger partial charge in [-0.2, -0.15) is 0 Å². The fourth-order valence-electron chi connectivity index (χ4n) is 1.47. The lowest BCUT2D eigenvalue weighted by atomic mass is 10.0. The molecule has 0 aliphatic heterocycles. The van der Waals surface area contributed by atoms with Gasteiger partial charge in [0.25, 0.3) is 0 Å². The second-order valence-electron chi connectivity index (χ2n) is 3.16. The summed E-state index contributed by atoms with van der Waals surface area (Å²) < 4.78 is 0. The topological polar surface area (TPSA) is 26.0 Å². The monoisotopic (exact) mass is 137 g/mol. The minimum atomic E-state index is 0.230. The minimum absolute atomic E-state index is 0.230. The third kappa shape index (κ3) is 1.29.